The maximum absolute atomic E-state index is 12.7. The summed E-state index contributed by atoms with van der Waals surface area (Å²) in [4.78, 5) is 71.1. The molecule has 282 valence electrons. The van der Waals surface area contributed by atoms with Gasteiger partial charge >= 0.3 is 36.2 Å². The van der Waals surface area contributed by atoms with Crippen molar-refractivity contribution in [2.75, 3.05) is 26.4 Å². The van der Waals surface area contributed by atoms with E-state index in [1.54, 1.807) is 0 Å². The van der Waals surface area contributed by atoms with E-state index in [4.69, 9.17) is 37.9 Å². The van der Waals surface area contributed by atoms with Crippen LogP contribution in [-0.4, -0.2) is 62.6 Å². The number of carbonyl (C=O) groups excluding carboxylic acids is 6. The molecular formula is C38H39BrO14. The first-order valence-electron chi connectivity index (χ1n) is 16.3. The van der Waals surface area contributed by atoms with Crippen molar-refractivity contribution < 1.29 is 66.7 Å². The number of hydrogen-bond acceptors (Lipinski definition) is 14. The Morgan fingerprint density at radius 3 is 1.30 bits per heavy atom. The van der Waals surface area contributed by atoms with Gasteiger partial charge in [-0.2, -0.15) is 0 Å². The van der Waals surface area contributed by atoms with Gasteiger partial charge in [0.2, 0.25) is 0 Å². The average Bonchev–Trinajstić information content (AvgIpc) is 3.16. The molecule has 0 unspecified atom stereocenters. The van der Waals surface area contributed by atoms with Gasteiger partial charge in [-0.1, -0.05) is 27.0 Å². The Hall–Kier alpha value is -5.96. The Balaban J connectivity index is 0.00000477. The molecule has 0 aliphatic carbocycles. The van der Waals surface area contributed by atoms with Crippen molar-refractivity contribution in [3.8, 4) is 23.0 Å². The number of ether oxygens (including phenoxy) is 8. The second kappa shape index (κ2) is 24.3. The summed E-state index contributed by atoms with van der Waals surface area (Å²) >= 11 is 3.30. The number of halogens is 1. The van der Waals surface area contributed by atoms with E-state index in [1.807, 2.05) is 13.8 Å². The van der Waals surface area contributed by atoms with Crippen LogP contribution in [0.4, 0.5) is 9.59 Å². The van der Waals surface area contributed by atoms with Crippen LogP contribution in [0.3, 0.4) is 0 Å². The van der Waals surface area contributed by atoms with E-state index in [0.29, 0.717) is 30.2 Å². The van der Waals surface area contributed by atoms with E-state index in [9.17, 15) is 28.8 Å². The third-order valence-corrected chi connectivity index (χ3v) is 6.86. The fourth-order valence-corrected chi connectivity index (χ4v) is 4.14. The van der Waals surface area contributed by atoms with Crippen molar-refractivity contribution >= 4 is 52.1 Å². The van der Waals surface area contributed by atoms with Gasteiger partial charge in [0, 0.05) is 12.2 Å². The second-order valence-electron chi connectivity index (χ2n) is 9.98. The molecule has 0 heterocycles. The Labute approximate surface area is 314 Å². The fraction of sp³-hybridized carbons (Fsp3) is 0.263. The summed E-state index contributed by atoms with van der Waals surface area (Å²) in [6.07, 6.45) is 2.15. The highest BCUT2D eigenvalue weighted by molar-refractivity contribution is 9.10. The average molecular weight is 800 g/mol. The van der Waals surface area contributed by atoms with Gasteiger partial charge < -0.3 is 37.9 Å². The minimum absolute atomic E-state index is 0.0621. The third-order valence-electron chi connectivity index (χ3n) is 6.24. The van der Waals surface area contributed by atoms with Gasteiger partial charge in [0.1, 0.15) is 23.0 Å². The lowest BCUT2D eigenvalue weighted by Crippen LogP contribution is -2.13. The molecule has 0 aliphatic heterocycles. The van der Waals surface area contributed by atoms with E-state index in [0.717, 1.165) is 12.2 Å². The highest BCUT2D eigenvalue weighted by atomic mass is 79.9. The van der Waals surface area contributed by atoms with E-state index < -0.39 is 36.2 Å². The van der Waals surface area contributed by atoms with Gasteiger partial charge in [0.15, 0.2) is 0 Å². The number of carbonyl (C=O) groups is 6. The van der Waals surface area contributed by atoms with E-state index in [-0.39, 0.29) is 60.6 Å². The van der Waals surface area contributed by atoms with Crippen LogP contribution in [-0.2, 0) is 28.5 Å². The maximum atomic E-state index is 12.7. The van der Waals surface area contributed by atoms with Gasteiger partial charge in [-0.25, -0.2) is 28.8 Å². The van der Waals surface area contributed by atoms with Crippen LogP contribution < -0.4 is 18.9 Å². The second-order valence-corrected chi connectivity index (χ2v) is 10.8. The van der Waals surface area contributed by atoms with Gasteiger partial charge in [-0.3, -0.25) is 0 Å². The molecule has 0 atom stereocenters. The summed E-state index contributed by atoms with van der Waals surface area (Å²) < 4.78 is 40.9. The third kappa shape index (κ3) is 16.7. The van der Waals surface area contributed by atoms with E-state index in [1.165, 1.54) is 66.7 Å². The molecule has 0 aromatic heterocycles. The molecule has 0 fully saturated rings. The Morgan fingerprint density at radius 2 is 0.906 bits per heavy atom. The van der Waals surface area contributed by atoms with Gasteiger partial charge in [-0.05, 0) is 108 Å². The topological polar surface area (TPSA) is 176 Å². The molecule has 0 spiro atoms. The minimum Gasteiger partial charge on any atom is -0.463 e. The number of esters is 4. The quantitative estimate of drug-likeness (QED) is 0.0302. The van der Waals surface area contributed by atoms with Crippen molar-refractivity contribution in [2.45, 2.75) is 39.5 Å². The highest BCUT2D eigenvalue weighted by Crippen LogP contribution is 2.30. The molecule has 0 N–H and O–H groups in total. The first-order chi connectivity index (χ1) is 25.6. The molecule has 0 bridgehead atoms. The number of rotatable bonds is 18. The van der Waals surface area contributed by atoms with Crippen LogP contribution in [0.15, 0.2) is 96.5 Å². The lowest BCUT2D eigenvalue weighted by atomic mass is 10.2. The standard InChI is InChI=1S/C36H33BrO14.C2H6/c1-3-31(38)44-19-5-7-21-46-35(42)49-26-13-9-24(10-14-26)33(40)48-28-17-18-30(29(37)23-28)51-34(41)25-11-15-27(16-12-25)50-36(43)47-22-8-6-20-45-32(39)4-2;1-2/h3-4,9-18,23H,1-2,5-8,19-22H2;1-2H3. The summed E-state index contributed by atoms with van der Waals surface area (Å²) in [5, 5.41) is 0. The lowest BCUT2D eigenvalue weighted by molar-refractivity contribution is -0.138. The molecule has 3 aromatic carbocycles. The van der Waals surface area contributed by atoms with Crippen molar-refractivity contribution in [3.05, 3.63) is 108 Å². The summed E-state index contributed by atoms with van der Waals surface area (Å²) in [7, 11) is 0. The summed E-state index contributed by atoms with van der Waals surface area (Å²) in [6, 6.07) is 15.5. The first-order valence-corrected chi connectivity index (χ1v) is 17.1. The molecular weight excluding hydrogens is 760 g/mol. The summed E-state index contributed by atoms with van der Waals surface area (Å²) in [5.41, 5.74) is 0.331. The normalized spacial score (nSPS) is 9.87. The first kappa shape index (κ1) is 43.2. The molecule has 14 nitrogen and oxygen atoms in total. The molecule has 0 saturated carbocycles. The van der Waals surface area contributed by atoms with E-state index >= 15 is 0 Å². The van der Waals surface area contributed by atoms with Crippen molar-refractivity contribution in [2.24, 2.45) is 0 Å². The fourth-order valence-electron chi connectivity index (χ4n) is 3.70. The van der Waals surface area contributed by atoms with Crippen LogP contribution in [0.1, 0.15) is 60.2 Å². The monoisotopic (exact) mass is 798 g/mol. The largest absolute Gasteiger partial charge is 0.513 e. The predicted molar refractivity (Wildman–Crippen MR) is 193 cm³/mol. The van der Waals surface area contributed by atoms with E-state index in [2.05, 4.69) is 29.1 Å². The molecule has 0 aliphatic rings. The minimum atomic E-state index is -0.933. The summed E-state index contributed by atoms with van der Waals surface area (Å²) in [5.74, 6) is -1.88. The van der Waals surface area contributed by atoms with Gasteiger partial charge in [0.05, 0.1) is 42.0 Å². The zero-order valence-electron chi connectivity index (χ0n) is 29.2. The van der Waals surface area contributed by atoms with Crippen LogP contribution in [0.2, 0.25) is 0 Å². The Morgan fingerprint density at radius 1 is 0.528 bits per heavy atom. The predicted octanol–water partition coefficient (Wildman–Crippen LogP) is 7.96. The number of benzene rings is 3. The zero-order chi connectivity index (χ0) is 39.0. The smallest absolute Gasteiger partial charge is 0.463 e. The zero-order valence-corrected chi connectivity index (χ0v) is 30.8. The molecule has 15 heteroatoms. The SMILES string of the molecule is C=CC(=O)OCCCCOC(=O)Oc1ccc(C(=O)Oc2ccc(OC(=O)c3ccc(OC(=O)OCCCCOC(=O)C=C)cc3)c(Br)c2)cc1.CC. The Kier molecular flexibility index (Phi) is 19.8. The van der Waals surface area contributed by atoms with Crippen molar-refractivity contribution in [3.63, 3.8) is 0 Å². The van der Waals surface area contributed by atoms with Crippen LogP contribution >= 0.6 is 15.9 Å². The highest BCUT2D eigenvalue weighted by Gasteiger charge is 2.16. The molecule has 0 radical (unpaired) electrons. The molecule has 3 rings (SSSR count). The maximum Gasteiger partial charge on any atom is 0.513 e. The molecule has 0 amide bonds. The van der Waals surface area contributed by atoms with Gasteiger partial charge in [-0.15, -0.1) is 0 Å². The van der Waals surface area contributed by atoms with Crippen LogP contribution in [0.5, 0.6) is 23.0 Å². The number of unbranched alkanes of at least 4 members (excludes halogenated alkanes) is 2. The van der Waals surface area contributed by atoms with Crippen molar-refractivity contribution in [1.29, 1.82) is 0 Å². The molecule has 3 aromatic rings. The van der Waals surface area contributed by atoms with Crippen molar-refractivity contribution in [1.82, 2.24) is 0 Å². The molecule has 53 heavy (non-hydrogen) atoms. The molecule has 0 saturated heterocycles. The van der Waals surface area contributed by atoms with Gasteiger partial charge in [0.25, 0.3) is 0 Å². The number of hydrogen-bond donors (Lipinski definition) is 0. The summed E-state index contributed by atoms with van der Waals surface area (Å²) in [6.45, 7) is 11.1. The van der Waals surface area contributed by atoms with Crippen LogP contribution in [0, 0.1) is 0 Å². The Bertz CT molecular complexity index is 1700. The lowest BCUT2D eigenvalue weighted by Gasteiger charge is -2.10. The van der Waals surface area contributed by atoms with Crippen LogP contribution in [0.25, 0.3) is 0 Å².